The highest BCUT2D eigenvalue weighted by atomic mass is 33.1. The molecule has 3 saturated carbocycles. The summed E-state index contributed by atoms with van der Waals surface area (Å²) in [5, 5.41) is 76.7. The Bertz CT molecular complexity index is 3060. The monoisotopic (exact) mass is 1130 g/mol. The summed E-state index contributed by atoms with van der Waals surface area (Å²) in [5.41, 5.74) is 17.2. The van der Waals surface area contributed by atoms with Gasteiger partial charge >= 0.3 is 0 Å². The van der Waals surface area contributed by atoms with Gasteiger partial charge in [0.25, 0.3) is 0 Å². The van der Waals surface area contributed by atoms with E-state index in [4.69, 9.17) is 10.5 Å². The predicted molar refractivity (Wildman–Crippen MR) is 323 cm³/mol. The molecule has 10 N–H and O–H groups in total. The van der Waals surface area contributed by atoms with Crippen molar-refractivity contribution in [2.45, 2.75) is 157 Å². The summed E-state index contributed by atoms with van der Waals surface area (Å²) < 4.78 is 7.03. The lowest BCUT2D eigenvalue weighted by molar-refractivity contribution is -0.126. The average molecular weight is 1130 g/mol. The largest absolute Gasteiger partial charge is 0.504 e. The van der Waals surface area contributed by atoms with E-state index in [1.807, 2.05) is 24.4 Å². The molecule has 1 spiro atoms. The van der Waals surface area contributed by atoms with Crippen molar-refractivity contribution in [2.24, 2.45) is 64.4 Å². The third kappa shape index (κ3) is 10.4. The zero-order valence-corrected chi connectivity index (χ0v) is 48.7. The van der Waals surface area contributed by atoms with E-state index in [1.165, 1.54) is 30.4 Å². The molecule has 4 aromatic rings. The molecular formula is C69H85N3O7S2. The summed E-state index contributed by atoms with van der Waals surface area (Å²) in [7, 11) is 3.28. The Hall–Kier alpha value is -4.58. The van der Waals surface area contributed by atoms with Gasteiger partial charge in [0, 0.05) is 77.1 Å². The van der Waals surface area contributed by atoms with Crippen LogP contribution in [0.4, 0.5) is 0 Å². The second kappa shape index (κ2) is 23.5. The van der Waals surface area contributed by atoms with Crippen molar-refractivity contribution in [3.05, 3.63) is 153 Å². The van der Waals surface area contributed by atoms with Crippen LogP contribution in [0.2, 0.25) is 0 Å². The number of rotatable bonds is 7. The fourth-order valence-electron chi connectivity index (χ4n) is 18.4. The van der Waals surface area contributed by atoms with E-state index < -0.39 is 53.7 Å². The Morgan fingerprint density at radius 3 is 2.46 bits per heavy atom. The summed E-state index contributed by atoms with van der Waals surface area (Å²) in [6.07, 6.45) is 15.1. The molecule has 0 amide bonds. The fourth-order valence-corrected chi connectivity index (χ4v) is 20.9. The molecule has 10 nitrogen and oxygen atoms in total. The van der Waals surface area contributed by atoms with Gasteiger partial charge in [-0.3, -0.25) is 0 Å². The first-order valence-electron chi connectivity index (χ1n) is 31.0. The minimum Gasteiger partial charge on any atom is -0.504 e. The standard InChI is InChI=1S/C69H85N3O7S2/c1-2-39-27-44-31-59(76)61(79-62-32-45(29-47-13-10-25-71-47)49-22-26-72-68(70)56(49)38-81-80-37-46(36-73)67(62)78)34-53(44)54-33-60(77)63-43(30-52(39)54)21-24-69(23-9-8-16-57(63)74)35-55(40-11-4-3-5-12-40)65-51-19-17-41(48-14-6-7-15-50(48)51)28-42-18-20-58(75)66(69)64(42)65/h3-7,10-15,22,25,30-31,34,39,41-43,45-46,51,54-55,57-58,60,62-67,71-78H,2,8-9,16-20,23,26-29,32-33,35-38,70H2,1H3/t39-,41-,42+,43-,45+,46+,51-,54-,55+,57+,58-,60-,62-,63+,64-,65-,66-,67-,69+/m1/s1. The van der Waals surface area contributed by atoms with Crippen molar-refractivity contribution in [1.82, 2.24) is 10.3 Å². The number of allylic oxidation sites excluding steroid dienone is 3. The van der Waals surface area contributed by atoms with Gasteiger partial charge < -0.3 is 51.4 Å². The van der Waals surface area contributed by atoms with Gasteiger partial charge in [0.1, 0.15) is 11.9 Å². The number of ether oxygens (including phenoxy) is 1. The number of fused-ring (bicyclic) bond motifs is 7. The fraction of sp³-hybridized carbons (Fsp3) is 0.565. The van der Waals surface area contributed by atoms with Crippen molar-refractivity contribution >= 4 is 21.6 Å². The molecule has 0 radical (unpaired) electrons. The molecule has 3 aromatic carbocycles. The van der Waals surface area contributed by atoms with Crippen LogP contribution < -0.4 is 15.8 Å². The second-order valence-corrected chi connectivity index (χ2v) is 28.7. The van der Waals surface area contributed by atoms with Gasteiger partial charge in [-0.25, -0.2) is 0 Å². The minimum atomic E-state index is -1.06. The predicted octanol–water partition coefficient (Wildman–Crippen LogP) is 11.2. The number of hydrogen-bond donors (Lipinski definition) is 9. The molecule has 2 bridgehead atoms. The number of nitrogens with one attached hydrogen (secondary N) is 2. The van der Waals surface area contributed by atoms with Crippen molar-refractivity contribution < 1.29 is 35.4 Å². The molecule has 19 atom stereocenters. The normalized spacial score (nSPS) is 38.3. The Labute approximate surface area is 487 Å². The summed E-state index contributed by atoms with van der Waals surface area (Å²) in [4.78, 5) is 3.40. The van der Waals surface area contributed by atoms with Gasteiger partial charge in [-0.1, -0.05) is 126 Å². The van der Waals surface area contributed by atoms with Crippen LogP contribution in [0.25, 0.3) is 0 Å². The maximum absolute atomic E-state index is 12.9. The molecule has 2 aliphatic heterocycles. The zero-order valence-electron chi connectivity index (χ0n) is 47.1. The van der Waals surface area contributed by atoms with Gasteiger partial charge in [-0.15, -0.1) is 0 Å². The number of benzene rings is 3. The van der Waals surface area contributed by atoms with E-state index in [0.717, 1.165) is 72.9 Å². The summed E-state index contributed by atoms with van der Waals surface area (Å²) >= 11 is 0. The molecule has 0 unspecified atom stereocenters. The summed E-state index contributed by atoms with van der Waals surface area (Å²) in [6.45, 7) is 2.59. The Morgan fingerprint density at radius 1 is 0.802 bits per heavy atom. The van der Waals surface area contributed by atoms with Gasteiger partial charge in [0.15, 0.2) is 11.5 Å². The smallest absolute Gasteiger partial charge is 0.161 e. The van der Waals surface area contributed by atoms with Crippen LogP contribution in [-0.4, -0.2) is 90.8 Å². The van der Waals surface area contributed by atoms with Crippen LogP contribution in [-0.2, 0) is 12.8 Å². The number of aromatic amines is 1. The zero-order chi connectivity index (χ0) is 55.5. The molecule has 14 rings (SSSR count). The van der Waals surface area contributed by atoms with E-state index in [2.05, 4.69) is 102 Å². The third-order valence-electron chi connectivity index (χ3n) is 22.0. The van der Waals surface area contributed by atoms with Crippen LogP contribution in [0.3, 0.4) is 0 Å². The van der Waals surface area contributed by atoms with Crippen LogP contribution in [0.15, 0.2) is 120 Å². The first kappa shape index (κ1) is 55.6. The van der Waals surface area contributed by atoms with Gasteiger partial charge in [0.2, 0.25) is 0 Å². The Morgan fingerprint density at radius 2 is 1.64 bits per heavy atom. The molecular weight excluding hydrogens is 1050 g/mol. The van der Waals surface area contributed by atoms with Gasteiger partial charge in [0.05, 0.1) is 24.4 Å². The highest BCUT2D eigenvalue weighted by Gasteiger charge is 2.61. The third-order valence-corrected chi connectivity index (χ3v) is 24.4. The van der Waals surface area contributed by atoms with Crippen molar-refractivity contribution in [3.8, 4) is 23.3 Å². The Balaban J connectivity index is 0.886. The van der Waals surface area contributed by atoms with E-state index in [-0.39, 0.29) is 47.7 Å². The number of dihydropyridines is 1. The molecule has 3 heterocycles. The van der Waals surface area contributed by atoms with E-state index in [9.17, 15) is 30.6 Å². The van der Waals surface area contributed by atoms with Gasteiger partial charge in [-0.2, -0.15) is 0 Å². The molecule has 81 heavy (non-hydrogen) atoms. The molecule has 1 saturated heterocycles. The average Bonchev–Trinajstić information content (AvgIpc) is 3.32. The van der Waals surface area contributed by atoms with Crippen molar-refractivity contribution in [3.63, 3.8) is 0 Å². The molecule has 1 aromatic heterocycles. The number of nitrogens with two attached hydrogens (primary N) is 1. The van der Waals surface area contributed by atoms with Crippen molar-refractivity contribution in [1.29, 1.82) is 0 Å². The molecule has 4 fully saturated rings. The second-order valence-electron chi connectivity index (χ2n) is 26.1. The van der Waals surface area contributed by atoms with Crippen LogP contribution in [0.1, 0.15) is 148 Å². The molecule has 10 aliphatic rings. The topological polar surface area (TPSA) is 184 Å². The number of phenols is 1. The number of phenolic OH excluding ortho intramolecular Hbond substituents is 1. The van der Waals surface area contributed by atoms with E-state index in [1.54, 1.807) is 32.7 Å². The van der Waals surface area contributed by atoms with Crippen LogP contribution >= 0.6 is 21.6 Å². The Kier molecular flexibility index (Phi) is 16.1. The van der Waals surface area contributed by atoms with Gasteiger partial charge in [-0.05, 0) is 188 Å². The van der Waals surface area contributed by atoms with Crippen molar-refractivity contribution in [2.75, 3.05) is 24.7 Å². The molecule has 12 heteroatoms. The maximum Gasteiger partial charge on any atom is 0.161 e. The quantitative estimate of drug-likeness (QED) is 0.0488. The number of aliphatic hydroxyl groups excluding tert-OH is 5. The first-order valence-corrected chi connectivity index (χ1v) is 33.5. The molecule has 430 valence electrons. The number of aromatic nitrogens is 1. The summed E-state index contributed by atoms with van der Waals surface area (Å²) in [5.74, 6) is 11.1. The highest BCUT2D eigenvalue weighted by molar-refractivity contribution is 8.76. The SMILES string of the molecule is CC[C@@H]1Cc2cc(O)c(O[C@@H]3C[C@H](Cc4ccc[nH]4)C4=CCNC(N)=C4CSSC[C@H](CO)[C@H]3O)cc2[C@@H]2C[C@@H](O)[C@H]3[C@H](C#C[C@@]4(CCCC[C@@H]3O)C[C@@H](c3ccccc3)[C@@H]3[C@H]5[C@@H](CC[C@@H](O)[C@H]54)C[C@H]4CC[C@@H]3c3ccccc34)C=C12. The highest BCUT2D eigenvalue weighted by Crippen LogP contribution is 2.68. The number of hydrogen-bond acceptors (Lipinski definition) is 11. The van der Waals surface area contributed by atoms with Crippen LogP contribution in [0, 0.1) is 70.5 Å². The lowest BCUT2D eigenvalue weighted by atomic mass is 9.42. The maximum atomic E-state index is 12.9. The lowest BCUT2D eigenvalue weighted by Crippen LogP contribution is -2.58. The number of aliphatic hydroxyl groups is 5. The number of aromatic hydroxyl groups is 1. The van der Waals surface area contributed by atoms with E-state index >= 15 is 0 Å². The lowest BCUT2D eigenvalue weighted by Gasteiger charge is -2.62. The van der Waals surface area contributed by atoms with Crippen LogP contribution in [0.5, 0.6) is 11.5 Å². The first-order chi connectivity index (χ1) is 39.5. The van der Waals surface area contributed by atoms with E-state index in [0.29, 0.717) is 85.6 Å². The molecule has 8 aliphatic carbocycles. The minimum absolute atomic E-state index is 0.00163. The number of H-pyrrole nitrogens is 1. The summed E-state index contributed by atoms with van der Waals surface area (Å²) in [6, 6.07) is 28.5.